The molecular formula is C16H20N6OS. The molecule has 0 aromatic carbocycles. The van der Waals surface area contributed by atoms with Crippen molar-refractivity contribution < 1.29 is 4.42 Å². The topological polar surface area (TPSA) is 82.3 Å². The maximum Gasteiger partial charge on any atom is 0.216 e. The number of guanidine groups is 1. The van der Waals surface area contributed by atoms with Gasteiger partial charge in [-0.05, 0) is 30.0 Å². The lowest BCUT2D eigenvalue weighted by atomic mass is 10.3. The van der Waals surface area contributed by atoms with Gasteiger partial charge in [-0.2, -0.15) is 0 Å². The summed E-state index contributed by atoms with van der Waals surface area (Å²) in [6.07, 6.45) is 2.60. The number of thiophene rings is 1. The van der Waals surface area contributed by atoms with Crippen LogP contribution in [0, 0.1) is 0 Å². The van der Waals surface area contributed by atoms with Crippen molar-refractivity contribution in [3.05, 3.63) is 46.6 Å². The van der Waals surface area contributed by atoms with Crippen LogP contribution in [0.25, 0.3) is 11.6 Å². The fourth-order valence-electron chi connectivity index (χ4n) is 2.28. The summed E-state index contributed by atoms with van der Waals surface area (Å²) in [4.78, 5) is 12.2. The Morgan fingerprint density at radius 1 is 1.42 bits per heavy atom. The summed E-state index contributed by atoms with van der Waals surface area (Å²) in [7, 11) is 3.80. The van der Waals surface area contributed by atoms with E-state index in [2.05, 4.69) is 47.9 Å². The van der Waals surface area contributed by atoms with Crippen LogP contribution in [-0.2, 0) is 13.0 Å². The number of rotatable bonds is 6. The summed E-state index contributed by atoms with van der Waals surface area (Å²) in [5, 5.41) is 12.5. The van der Waals surface area contributed by atoms with Crippen molar-refractivity contribution in [2.24, 2.45) is 4.99 Å². The third kappa shape index (κ3) is 4.02. The molecule has 0 spiro atoms. The average Bonchev–Trinajstić information content (AvgIpc) is 3.33. The first-order chi connectivity index (χ1) is 11.8. The fourth-order valence-corrected chi connectivity index (χ4v) is 2.97. The Bertz CT molecular complexity index is 762. The third-order valence-corrected chi connectivity index (χ3v) is 4.47. The predicted octanol–water partition coefficient (Wildman–Crippen LogP) is 2.38. The monoisotopic (exact) mass is 344 g/mol. The Kier molecular flexibility index (Phi) is 5.27. The molecule has 0 saturated carbocycles. The first-order valence-corrected chi connectivity index (χ1v) is 8.53. The van der Waals surface area contributed by atoms with Crippen LogP contribution in [0.15, 0.2) is 45.3 Å². The van der Waals surface area contributed by atoms with Crippen molar-refractivity contribution in [2.75, 3.05) is 20.6 Å². The molecular weight excluding hydrogens is 324 g/mol. The van der Waals surface area contributed by atoms with Crippen LogP contribution in [-0.4, -0.2) is 46.7 Å². The van der Waals surface area contributed by atoms with Gasteiger partial charge in [-0.25, -0.2) is 4.98 Å². The SMILES string of the molecule is CN=C(NCc1nc(-c2ccco2)n[nH]1)N(C)CCc1cccs1. The molecule has 0 aliphatic heterocycles. The number of aromatic nitrogens is 3. The molecule has 8 heteroatoms. The van der Waals surface area contributed by atoms with Crippen LogP contribution in [0.1, 0.15) is 10.7 Å². The van der Waals surface area contributed by atoms with E-state index in [1.807, 2.05) is 19.2 Å². The first kappa shape index (κ1) is 16.3. The van der Waals surface area contributed by atoms with E-state index in [0.717, 1.165) is 24.7 Å². The highest BCUT2D eigenvalue weighted by atomic mass is 32.1. The van der Waals surface area contributed by atoms with Crippen molar-refractivity contribution >= 4 is 17.3 Å². The van der Waals surface area contributed by atoms with Gasteiger partial charge in [0, 0.05) is 25.5 Å². The predicted molar refractivity (Wildman–Crippen MR) is 94.9 cm³/mol. The molecule has 0 amide bonds. The Balaban J connectivity index is 1.52. The normalized spacial score (nSPS) is 11.7. The smallest absolute Gasteiger partial charge is 0.216 e. The highest BCUT2D eigenvalue weighted by Crippen LogP contribution is 2.14. The molecule has 0 aliphatic rings. The summed E-state index contributed by atoms with van der Waals surface area (Å²) in [6, 6.07) is 7.87. The van der Waals surface area contributed by atoms with E-state index in [0.29, 0.717) is 18.1 Å². The van der Waals surface area contributed by atoms with E-state index < -0.39 is 0 Å². The van der Waals surface area contributed by atoms with Gasteiger partial charge in [-0.15, -0.1) is 16.4 Å². The maximum atomic E-state index is 5.29. The minimum atomic E-state index is 0.518. The number of aromatic amines is 1. The molecule has 0 saturated heterocycles. The molecule has 24 heavy (non-hydrogen) atoms. The van der Waals surface area contributed by atoms with Crippen LogP contribution in [0.5, 0.6) is 0 Å². The lowest BCUT2D eigenvalue weighted by molar-refractivity contribution is 0.485. The van der Waals surface area contributed by atoms with Gasteiger partial charge in [0.05, 0.1) is 12.8 Å². The molecule has 7 nitrogen and oxygen atoms in total. The number of nitrogens with one attached hydrogen (secondary N) is 2. The highest BCUT2D eigenvalue weighted by Gasteiger charge is 2.10. The van der Waals surface area contributed by atoms with Gasteiger partial charge in [0.25, 0.3) is 0 Å². The molecule has 0 radical (unpaired) electrons. The molecule has 3 rings (SSSR count). The van der Waals surface area contributed by atoms with Gasteiger partial charge in [0.2, 0.25) is 5.82 Å². The summed E-state index contributed by atoms with van der Waals surface area (Å²) in [5.74, 6) is 2.75. The quantitative estimate of drug-likeness (QED) is 0.530. The van der Waals surface area contributed by atoms with E-state index in [9.17, 15) is 0 Å². The lowest BCUT2D eigenvalue weighted by Crippen LogP contribution is -2.39. The molecule has 0 atom stereocenters. The second-order valence-corrected chi connectivity index (χ2v) is 6.27. The molecule has 0 bridgehead atoms. The molecule has 3 heterocycles. The van der Waals surface area contributed by atoms with Crippen LogP contribution in [0.4, 0.5) is 0 Å². The Morgan fingerprint density at radius 2 is 2.33 bits per heavy atom. The standard InChI is InChI=1S/C16H20N6OS/c1-17-16(22(2)8-7-12-5-4-10-24-12)18-11-14-19-15(21-20-14)13-6-3-9-23-13/h3-6,9-10H,7-8,11H2,1-2H3,(H,17,18)(H,19,20,21). The molecule has 0 aliphatic carbocycles. The van der Waals surface area contributed by atoms with Crippen molar-refractivity contribution in [2.45, 2.75) is 13.0 Å². The molecule has 3 aromatic heterocycles. The van der Waals surface area contributed by atoms with Gasteiger partial charge in [-0.1, -0.05) is 6.07 Å². The van der Waals surface area contributed by atoms with Crippen molar-refractivity contribution in [3.8, 4) is 11.6 Å². The Labute approximate surface area is 144 Å². The first-order valence-electron chi connectivity index (χ1n) is 7.65. The number of likely N-dealkylation sites (N-methyl/N-ethyl adjacent to an activating group) is 1. The Hall–Kier alpha value is -2.61. The molecule has 2 N–H and O–H groups in total. The number of furan rings is 1. The lowest BCUT2D eigenvalue weighted by Gasteiger charge is -2.21. The van der Waals surface area contributed by atoms with Crippen molar-refractivity contribution in [1.82, 2.24) is 25.4 Å². The minimum absolute atomic E-state index is 0.518. The second-order valence-electron chi connectivity index (χ2n) is 5.23. The van der Waals surface area contributed by atoms with Gasteiger partial charge in [-0.3, -0.25) is 10.1 Å². The van der Waals surface area contributed by atoms with E-state index in [1.54, 1.807) is 24.6 Å². The summed E-state index contributed by atoms with van der Waals surface area (Å²) >= 11 is 1.78. The van der Waals surface area contributed by atoms with E-state index >= 15 is 0 Å². The number of nitrogens with zero attached hydrogens (tertiary/aromatic N) is 4. The number of hydrogen-bond acceptors (Lipinski definition) is 5. The number of aliphatic imine (C=N–C) groups is 1. The van der Waals surface area contributed by atoms with E-state index in [1.165, 1.54) is 4.88 Å². The van der Waals surface area contributed by atoms with Crippen molar-refractivity contribution in [1.29, 1.82) is 0 Å². The molecule has 3 aromatic rings. The third-order valence-electron chi connectivity index (χ3n) is 3.53. The van der Waals surface area contributed by atoms with Crippen LogP contribution < -0.4 is 5.32 Å². The van der Waals surface area contributed by atoms with E-state index in [4.69, 9.17) is 4.42 Å². The van der Waals surface area contributed by atoms with Crippen LogP contribution >= 0.6 is 11.3 Å². The Morgan fingerprint density at radius 3 is 3.04 bits per heavy atom. The molecule has 126 valence electrons. The van der Waals surface area contributed by atoms with Crippen LogP contribution in [0.3, 0.4) is 0 Å². The largest absolute Gasteiger partial charge is 0.461 e. The van der Waals surface area contributed by atoms with Crippen molar-refractivity contribution in [3.63, 3.8) is 0 Å². The zero-order chi connectivity index (χ0) is 16.8. The summed E-state index contributed by atoms with van der Waals surface area (Å²) < 4.78 is 5.29. The van der Waals surface area contributed by atoms with Gasteiger partial charge in [0.15, 0.2) is 11.7 Å². The van der Waals surface area contributed by atoms with E-state index in [-0.39, 0.29) is 0 Å². The zero-order valence-corrected chi connectivity index (χ0v) is 14.5. The zero-order valence-electron chi connectivity index (χ0n) is 13.7. The molecule has 0 fully saturated rings. The summed E-state index contributed by atoms with van der Waals surface area (Å²) in [6.45, 7) is 1.41. The summed E-state index contributed by atoms with van der Waals surface area (Å²) in [5.41, 5.74) is 0. The molecule has 0 unspecified atom stereocenters. The maximum absolute atomic E-state index is 5.29. The van der Waals surface area contributed by atoms with Gasteiger partial charge < -0.3 is 14.6 Å². The number of H-pyrrole nitrogens is 1. The van der Waals surface area contributed by atoms with Gasteiger partial charge >= 0.3 is 0 Å². The van der Waals surface area contributed by atoms with Crippen LogP contribution in [0.2, 0.25) is 0 Å². The van der Waals surface area contributed by atoms with Gasteiger partial charge in [0.1, 0.15) is 5.82 Å². The highest BCUT2D eigenvalue weighted by molar-refractivity contribution is 7.09. The minimum Gasteiger partial charge on any atom is -0.461 e. The second kappa shape index (κ2) is 7.78. The number of hydrogen-bond donors (Lipinski definition) is 2. The fraction of sp³-hybridized carbons (Fsp3) is 0.312. The average molecular weight is 344 g/mol.